The summed E-state index contributed by atoms with van der Waals surface area (Å²) in [6.07, 6.45) is 5.11. The number of anilines is 2. The molecule has 3 aromatic rings. The molecule has 0 saturated carbocycles. The van der Waals surface area contributed by atoms with Crippen molar-refractivity contribution in [1.29, 1.82) is 0 Å². The van der Waals surface area contributed by atoms with E-state index < -0.39 is 0 Å². The SMILES string of the molecule is Cc1cc(N2CC[C@H](c3ccc(N4CC5(CNCCO5)C4)cn3)[C@@H](C)C2)c2cnn(C)c2n1. The summed E-state index contributed by atoms with van der Waals surface area (Å²) in [6, 6.07) is 6.69. The molecule has 3 aromatic heterocycles. The molecule has 3 fully saturated rings. The fraction of sp³-hybridized carbons (Fsp3) is 0.560. The predicted octanol–water partition coefficient (Wildman–Crippen LogP) is 2.48. The highest BCUT2D eigenvalue weighted by molar-refractivity contribution is 5.89. The molecule has 33 heavy (non-hydrogen) atoms. The largest absolute Gasteiger partial charge is 0.371 e. The first-order valence-corrected chi connectivity index (χ1v) is 12.1. The zero-order valence-corrected chi connectivity index (χ0v) is 19.8. The van der Waals surface area contributed by atoms with E-state index in [2.05, 4.69) is 63.4 Å². The van der Waals surface area contributed by atoms with E-state index in [0.717, 1.165) is 69.0 Å². The quantitative estimate of drug-likeness (QED) is 0.661. The van der Waals surface area contributed by atoms with Gasteiger partial charge < -0.3 is 19.9 Å². The van der Waals surface area contributed by atoms with Crippen LogP contribution in [-0.2, 0) is 11.8 Å². The lowest BCUT2D eigenvalue weighted by molar-refractivity contribution is -0.0828. The van der Waals surface area contributed by atoms with Gasteiger partial charge in [0.15, 0.2) is 5.65 Å². The Labute approximate surface area is 194 Å². The lowest BCUT2D eigenvalue weighted by Gasteiger charge is -2.52. The Balaban J connectivity index is 1.14. The lowest BCUT2D eigenvalue weighted by Crippen LogP contribution is -2.69. The standard InChI is InChI=1S/C25H33N7O/c1-17-13-31(23-10-18(2)29-24-21(23)12-28-30(24)3)8-6-20(17)22-5-4-19(11-27-22)32-15-25(16-32)14-26-7-9-33-25/h4-5,10-12,17,20,26H,6-9,13-16H2,1-3H3/t17-,20-/m0/s1. The van der Waals surface area contributed by atoms with Gasteiger partial charge in [-0.2, -0.15) is 5.10 Å². The van der Waals surface area contributed by atoms with Crippen molar-refractivity contribution in [1.82, 2.24) is 25.1 Å². The molecule has 0 radical (unpaired) electrons. The molecule has 3 aliphatic rings. The fourth-order valence-corrected chi connectivity index (χ4v) is 5.83. The molecule has 2 atom stereocenters. The third-order valence-electron chi connectivity index (χ3n) is 7.67. The number of morpholine rings is 1. The third-order valence-corrected chi connectivity index (χ3v) is 7.67. The van der Waals surface area contributed by atoms with Gasteiger partial charge in [-0.05, 0) is 37.5 Å². The Morgan fingerprint density at radius 3 is 2.79 bits per heavy atom. The molecular weight excluding hydrogens is 414 g/mol. The molecule has 6 rings (SSSR count). The number of hydrogen-bond acceptors (Lipinski definition) is 7. The summed E-state index contributed by atoms with van der Waals surface area (Å²) in [5, 5.41) is 9.03. The Morgan fingerprint density at radius 2 is 2.06 bits per heavy atom. The molecule has 6 heterocycles. The fourth-order valence-electron chi connectivity index (χ4n) is 5.83. The highest BCUT2D eigenvalue weighted by Gasteiger charge is 2.45. The Kier molecular flexibility index (Phi) is 5.03. The number of pyridine rings is 2. The molecular formula is C25H33N7O. The summed E-state index contributed by atoms with van der Waals surface area (Å²) in [4.78, 5) is 14.5. The molecule has 0 aliphatic carbocycles. The number of aryl methyl sites for hydroxylation is 2. The molecule has 3 aliphatic heterocycles. The van der Waals surface area contributed by atoms with Crippen LogP contribution in [0, 0.1) is 12.8 Å². The predicted molar refractivity (Wildman–Crippen MR) is 130 cm³/mol. The lowest BCUT2D eigenvalue weighted by atomic mass is 9.83. The summed E-state index contributed by atoms with van der Waals surface area (Å²) in [5.41, 5.74) is 5.67. The van der Waals surface area contributed by atoms with E-state index in [0.29, 0.717) is 11.8 Å². The molecule has 0 aromatic carbocycles. The number of hydrogen-bond donors (Lipinski definition) is 1. The van der Waals surface area contributed by atoms with Gasteiger partial charge in [-0.25, -0.2) is 4.98 Å². The first-order valence-electron chi connectivity index (χ1n) is 12.1. The van der Waals surface area contributed by atoms with E-state index in [1.54, 1.807) is 0 Å². The van der Waals surface area contributed by atoms with Crippen LogP contribution < -0.4 is 15.1 Å². The normalized spacial score (nSPS) is 24.9. The van der Waals surface area contributed by atoms with Crippen LogP contribution in [0.1, 0.15) is 30.7 Å². The van der Waals surface area contributed by atoms with Crippen molar-refractivity contribution in [2.45, 2.75) is 31.8 Å². The summed E-state index contributed by atoms with van der Waals surface area (Å²) in [5.74, 6) is 1.00. The van der Waals surface area contributed by atoms with Crippen molar-refractivity contribution < 1.29 is 4.74 Å². The molecule has 0 bridgehead atoms. The van der Waals surface area contributed by atoms with E-state index in [9.17, 15) is 0 Å². The van der Waals surface area contributed by atoms with Crippen LogP contribution in [-0.4, -0.2) is 71.2 Å². The van der Waals surface area contributed by atoms with Gasteiger partial charge in [-0.15, -0.1) is 0 Å². The van der Waals surface area contributed by atoms with Gasteiger partial charge in [0.1, 0.15) is 5.60 Å². The minimum atomic E-state index is 0.00324. The molecule has 0 amide bonds. The average molecular weight is 448 g/mol. The zero-order chi connectivity index (χ0) is 22.6. The van der Waals surface area contributed by atoms with Crippen LogP contribution >= 0.6 is 0 Å². The van der Waals surface area contributed by atoms with Crippen molar-refractivity contribution in [3.05, 3.63) is 42.0 Å². The van der Waals surface area contributed by atoms with Crippen molar-refractivity contribution in [3.63, 3.8) is 0 Å². The van der Waals surface area contributed by atoms with Crippen LogP contribution in [0.3, 0.4) is 0 Å². The molecule has 174 valence electrons. The summed E-state index contributed by atoms with van der Waals surface area (Å²) < 4.78 is 7.90. The topological polar surface area (TPSA) is 71.3 Å². The van der Waals surface area contributed by atoms with Crippen LogP contribution in [0.15, 0.2) is 30.6 Å². The molecule has 0 unspecified atom stereocenters. The van der Waals surface area contributed by atoms with E-state index in [1.165, 1.54) is 17.1 Å². The maximum atomic E-state index is 6.03. The number of piperidine rings is 1. The van der Waals surface area contributed by atoms with Crippen LogP contribution in [0.25, 0.3) is 11.0 Å². The van der Waals surface area contributed by atoms with Crippen LogP contribution in [0.5, 0.6) is 0 Å². The molecule has 3 saturated heterocycles. The van der Waals surface area contributed by atoms with Gasteiger partial charge in [0.25, 0.3) is 0 Å². The van der Waals surface area contributed by atoms with Gasteiger partial charge in [0.2, 0.25) is 0 Å². The second-order valence-corrected chi connectivity index (χ2v) is 10.1. The highest BCUT2D eigenvalue weighted by Crippen LogP contribution is 2.37. The number of rotatable bonds is 3. The Hall–Kier alpha value is -2.71. The second kappa shape index (κ2) is 7.95. The van der Waals surface area contributed by atoms with Crippen molar-refractivity contribution >= 4 is 22.4 Å². The maximum absolute atomic E-state index is 6.03. The monoisotopic (exact) mass is 447 g/mol. The van der Waals surface area contributed by atoms with Gasteiger partial charge >= 0.3 is 0 Å². The number of aromatic nitrogens is 4. The van der Waals surface area contributed by atoms with Gasteiger partial charge in [-0.3, -0.25) is 9.67 Å². The molecule has 1 spiro atoms. The number of fused-ring (bicyclic) bond motifs is 1. The molecule has 8 nitrogen and oxygen atoms in total. The van der Waals surface area contributed by atoms with Crippen LogP contribution in [0.2, 0.25) is 0 Å². The van der Waals surface area contributed by atoms with E-state index >= 15 is 0 Å². The highest BCUT2D eigenvalue weighted by atomic mass is 16.5. The Bertz CT molecular complexity index is 1140. The average Bonchev–Trinajstić information content (AvgIpc) is 3.18. The van der Waals surface area contributed by atoms with E-state index in [1.807, 2.05) is 17.9 Å². The minimum Gasteiger partial charge on any atom is -0.371 e. The second-order valence-electron chi connectivity index (χ2n) is 10.1. The third kappa shape index (κ3) is 3.65. The number of ether oxygens (including phenoxy) is 1. The van der Waals surface area contributed by atoms with Gasteiger partial charge in [0.05, 0.1) is 48.9 Å². The number of nitrogens with zero attached hydrogens (tertiary/aromatic N) is 6. The van der Waals surface area contributed by atoms with Gasteiger partial charge in [-0.1, -0.05) is 6.92 Å². The van der Waals surface area contributed by atoms with E-state index in [-0.39, 0.29) is 5.60 Å². The minimum absolute atomic E-state index is 0.00324. The van der Waals surface area contributed by atoms with Crippen molar-refractivity contribution in [2.75, 3.05) is 55.7 Å². The van der Waals surface area contributed by atoms with E-state index in [4.69, 9.17) is 9.72 Å². The molecule has 1 N–H and O–H groups in total. The number of nitrogens with one attached hydrogen (secondary N) is 1. The van der Waals surface area contributed by atoms with Crippen LogP contribution in [0.4, 0.5) is 11.4 Å². The van der Waals surface area contributed by atoms with Gasteiger partial charge in [0, 0.05) is 50.5 Å². The summed E-state index contributed by atoms with van der Waals surface area (Å²) >= 11 is 0. The van der Waals surface area contributed by atoms with Crippen molar-refractivity contribution in [2.24, 2.45) is 13.0 Å². The summed E-state index contributed by atoms with van der Waals surface area (Å²) in [7, 11) is 1.96. The molecule has 8 heteroatoms. The zero-order valence-electron chi connectivity index (χ0n) is 19.8. The summed E-state index contributed by atoms with van der Waals surface area (Å²) in [6.45, 7) is 11.1. The maximum Gasteiger partial charge on any atom is 0.159 e. The first kappa shape index (κ1) is 20.9. The smallest absolute Gasteiger partial charge is 0.159 e. The Morgan fingerprint density at radius 1 is 1.18 bits per heavy atom. The van der Waals surface area contributed by atoms with Crippen molar-refractivity contribution in [3.8, 4) is 0 Å². The first-order chi connectivity index (χ1) is 16.0.